The molecule has 1 aromatic carbocycles. The number of thioether (sulfide) groups is 1. The van der Waals surface area contributed by atoms with Gasteiger partial charge in [0.15, 0.2) is 0 Å². The number of carboxylic acids is 1. The summed E-state index contributed by atoms with van der Waals surface area (Å²) >= 11 is 1.36. The number of esters is 1. The van der Waals surface area contributed by atoms with Crippen LogP contribution in [-0.2, 0) is 14.4 Å². The van der Waals surface area contributed by atoms with E-state index in [2.05, 4.69) is 0 Å². The fraction of sp³-hybridized carbons (Fsp3) is 0.400. The molecule has 6 heteroatoms. The molecule has 0 saturated heterocycles. The number of carbonyl (C=O) groups excluding carboxylic acids is 2. The SMILES string of the molecule is CCC(Sc1cccc(OC(C)=O)c1)C(=O)CCC(=O)O. The quantitative estimate of drug-likeness (QED) is 0.452. The first-order valence-electron chi connectivity index (χ1n) is 6.62. The maximum atomic E-state index is 12.0. The molecule has 0 aliphatic carbocycles. The van der Waals surface area contributed by atoms with Gasteiger partial charge in [0.1, 0.15) is 11.5 Å². The first-order valence-corrected chi connectivity index (χ1v) is 7.50. The highest BCUT2D eigenvalue weighted by Crippen LogP contribution is 2.29. The summed E-state index contributed by atoms with van der Waals surface area (Å²) in [6.07, 6.45) is 0.495. The molecule has 0 aliphatic rings. The molecule has 0 amide bonds. The van der Waals surface area contributed by atoms with Gasteiger partial charge in [0.05, 0.1) is 11.7 Å². The van der Waals surface area contributed by atoms with Crippen molar-refractivity contribution in [1.29, 1.82) is 0 Å². The highest BCUT2D eigenvalue weighted by atomic mass is 32.2. The molecule has 0 heterocycles. The Morgan fingerprint density at radius 3 is 2.57 bits per heavy atom. The summed E-state index contributed by atoms with van der Waals surface area (Å²) in [6, 6.07) is 6.93. The number of hydrogen-bond acceptors (Lipinski definition) is 5. The lowest BCUT2D eigenvalue weighted by Gasteiger charge is -2.13. The number of ketones is 1. The average molecular weight is 310 g/mol. The number of Topliss-reactive ketones (excluding diaryl/α,β-unsaturated/α-hetero) is 1. The second-order valence-electron chi connectivity index (χ2n) is 4.44. The molecule has 1 unspecified atom stereocenters. The Hall–Kier alpha value is -1.82. The molecule has 1 N–H and O–H groups in total. The Labute approximate surface area is 127 Å². The molecule has 1 rings (SSSR count). The summed E-state index contributed by atoms with van der Waals surface area (Å²) in [5, 5.41) is 8.32. The fourth-order valence-corrected chi connectivity index (χ4v) is 2.79. The highest BCUT2D eigenvalue weighted by molar-refractivity contribution is 8.00. The van der Waals surface area contributed by atoms with Crippen molar-refractivity contribution < 1.29 is 24.2 Å². The number of hydrogen-bond donors (Lipinski definition) is 1. The molecule has 0 aromatic heterocycles. The van der Waals surface area contributed by atoms with E-state index < -0.39 is 11.9 Å². The summed E-state index contributed by atoms with van der Waals surface area (Å²) in [5.41, 5.74) is 0. The molecule has 0 saturated carbocycles. The van der Waals surface area contributed by atoms with Gasteiger partial charge in [-0.3, -0.25) is 14.4 Å². The van der Waals surface area contributed by atoms with Crippen LogP contribution in [0.2, 0.25) is 0 Å². The predicted molar refractivity (Wildman–Crippen MR) is 79.6 cm³/mol. The first kappa shape index (κ1) is 17.2. The topological polar surface area (TPSA) is 80.7 Å². The van der Waals surface area contributed by atoms with Gasteiger partial charge in [-0.15, -0.1) is 11.8 Å². The first-order chi connectivity index (χ1) is 9.92. The number of carboxylic acid groups (broad SMARTS) is 1. The van der Waals surface area contributed by atoms with E-state index in [1.54, 1.807) is 18.2 Å². The number of carbonyl (C=O) groups is 3. The van der Waals surface area contributed by atoms with Gasteiger partial charge in [-0.05, 0) is 24.6 Å². The minimum Gasteiger partial charge on any atom is -0.481 e. The van der Waals surface area contributed by atoms with Crippen molar-refractivity contribution in [3.05, 3.63) is 24.3 Å². The van der Waals surface area contributed by atoms with E-state index in [4.69, 9.17) is 9.84 Å². The number of rotatable bonds is 8. The van der Waals surface area contributed by atoms with Gasteiger partial charge in [0.2, 0.25) is 0 Å². The molecule has 0 aliphatic heterocycles. The van der Waals surface area contributed by atoms with Crippen LogP contribution >= 0.6 is 11.8 Å². The van der Waals surface area contributed by atoms with E-state index in [1.165, 1.54) is 18.7 Å². The largest absolute Gasteiger partial charge is 0.481 e. The monoisotopic (exact) mass is 310 g/mol. The van der Waals surface area contributed by atoms with E-state index in [0.717, 1.165) is 4.90 Å². The zero-order valence-electron chi connectivity index (χ0n) is 12.0. The Morgan fingerprint density at radius 1 is 1.29 bits per heavy atom. The summed E-state index contributed by atoms with van der Waals surface area (Å²) in [6.45, 7) is 3.20. The fourth-order valence-electron chi connectivity index (χ4n) is 1.71. The third-order valence-electron chi connectivity index (χ3n) is 2.66. The van der Waals surface area contributed by atoms with E-state index >= 15 is 0 Å². The smallest absolute Gasteiger partial charge is 0.308 e. The maximum Gasteiger partial charge on any atom is 0.308 e. The molecule has 114 valence electrons. The minimum atomic E-state index is -0.972. The molecule has 0 radical (unpaired) electrons. The Bertz CT molecular complexity index is 527. The zero-order chi connectivity index (χ0) is 15.8. The average Bonchev–Trinajstić information content (AvgIpc) is 2.41. The van der Waals surface area contributed by atoms with Crippen LogP contribution in [0.4, 0.5) is 0 Å². The number of benzene rings is 1. The molecule has 0 fully saturated rings. The molecule has 0 bridgehead atoms. The Morgan fingerprint density at radius 2 is 2.00 bits per heavy atom. The zero-order valence-corrected chi connectivity index (χ0v) is 12.8. The normalized spacial score (nSPS) is 11.7. The molecular weight excluding hydrogens is 292 g/mol. The van der Waals surface area contributed by atoms with Gasteiger partial charge < -0.3 is 9.84 Å². The van der Waals surface area contributed by atoms with E-state index in [1.807, 2.05) is 13.0 Å². The molecule has 1 aromatic rings. The van der Waals surface area contributed by atoms with Crippen molar-refractivity contribution in [2.45, 2.75) is 43.3 Å². The summed E-state index contributed by atoms with van der Waals surface area (Å²) in [5.74, 6) is -1.02. The van der Waals surface area contributed by atoms with Crippen molar-refractivity contribution in [3.63, 3.8) is 0 Å². The van der Waals surface area contributed by atoms with Crippen molar-refractivity contribution in [2.24, 2.45) is 0 Å². The van der Waals surface area contributed by atoms with Gasteiger partial charge in [-0.1, -0.05) is 13.0 Å². The lowest BCUT2D eigenvalue weighted by Crippen LogP contribution is -2.17. The van der Waals surface area contributed by atoms with E-state index in [9.17, 15) is 14.4 Å². The second-order valence-corrected chi connectivity index (χ2v) is 5.72. The highest BCUT2D eigenvalue weighted by Gasteiger charge is 2.18. The minimum absolute atomic E-state index is 0.0322. The Kier molecular flexibility index (Phi) is 6.94. The Balaban J connectivity index is 2.70. The molecular formula is C15H18O5S. The summed E-state index contributed by atoms with van der Waals surface area (Å²) in [7, 11) is 0. The van der Waals surface area contributed by atoms with E-state index in [-0.39, 0.29) is 23.9 Å². The predicted octanol–water partition coefficient (Wildman–Crippen LogP) is 2.92. The van der Waals surface area contributed by atoms with Crippen LogP contribution < -0.4 is 4.74 Å². The van der Waals surface area contributed by atoms with Crippen molar-refractivity contribution in [3.8, 4) is 5.75 Å². The third kappa shape index (κ3) is 6.44. The molecule has 1 atom stereocenters. The van der Waals surface area contributed by atoms with Crippen LogP contribution in [0.15, 0.2) is 29.2 Å². The van der Waals surface area contributed by atoms with Crippen LogP contribution in [0.5, 0.6) is 5.75 Å². The molecule has 5 nitrogen and oxygen atoms in total. The van der Waals surface area contributed by atoms with Crippen LogP contribution in [0.25, 0.3) is 0 Å². The molecule has 0 spiro atoms. The summed E-state index contributed by atoms with van der Waals surface area (Å²) in [4.78, 5) is 34.2. The maximum absolute atomic E-state index is 12.0. The van der Waals surface area contributed by atoms with Crippen molar-refractivity contribution in [2.75, 3.05) is 0 Å². The van der Waals surface area contributed by atoms with Crippen LogP contribution in [0.3, 0.4) is 0 Å². The van der Waals surface area contributed by atoms with Gasteiger partial charge in [0, 0.05) is 18.2 Å². The number of aliphatic carboxylic acids is 1. The van der Waals surface area contributed by atoms with Crippen LogP contribution in [0.1, 0.15) is 33.1 Å². The van der Waals surface area contributed by atoms with Gasteiger partial charge in [0.25, 0.3) is 0 Å². The summed E-state index contributed by atoms with van der Waals surface area (Å²) < 4.78 is 4.99. The molecule has 21 heavy (non-hydrogen) atoms. The second kappa shape index (κ2) is 8.46. The van der Waals surface area contributed by atoms with Gasteiger partial charge in [-0.25, -0.2) is 0 Å². The van der Waals surface area contributed by atoms with Crippen molar-refractivity contribution in [1.82, 2.24) is 0 Å². The van der Waals surface area contributed by atoms with Gasteiger partial charge in [-0.2, -0.15) is 0 Å². The van der Waals surface area contributed by atoms with Crippen LogP contribution in [-0.4, -0.2) is 28.1 Å². The van der Waals surface area contributed by atoms with Crippen LogP contribution in [0, 0.1) is 0 Å². The van der Waals surface area contributed by atoms with E-state index in [0.29, 0.717) is 12.2 Å². The third-order valence-corrected chi connectivity index (χ3v) is 4.07. The van der Waals surface area contributed by atoms with Crippen molar-refractivity contribution >= 4 is 29.5 Å². The lowest BCUT2D eigenvalue weighted by atomic mass is 10.1. The van der Waals surface area contributed by atoms with Gasteiger partial charge >= 0.3 is 11.9 Å². The standard InChI is InChI=1S/C15H18O5S/c1-3-14(13(17)7-8-15(18)19)21-12-6-4-5-11(9-12)20-10(2)16/h4-6,9,14H,3,7-8H2,1-2H3,(H,18,19). The lowest BCUT2D eigenvalue weighted by molar-refractivity contribution is -0.138. The number of ether oxygens (including phenoxy) is 1.